The van der Waals surface area contributed by atoms with Gasteiger partial charge in [0.1, 0.15) is 0 Å². The predicted octanol–water partition coefficient (Wildman–Crippen LogP) is 7.91. The summed E-state index contributed by atoms with van der Waals surface area (Å²) in [5, 5.41) is 36.0. The second kappa shape index (κ2) is 12.2. The summed E-state index contributed by atoms with van der Waals surface area (Å²) in [6.07, 6.45) is 13.8. The van der Waals surface area contributed by atoms with Gasteiger partial charge in [0.25, 0.3) is 0 Å². The van der Waals surface area contributed by atoms with Crippen LogP contribution < -0.4 is 0 Å². The van der Waals surface area contributed by atoms with Crippen molar-refractivity contribution in [3.05, 3.63) is 71.3 Å². The van der Waals surface area contributed by atoms with Crippen LogP contribution in [0.4, 0.5) is 0 Å². The first-order valence-corrected chi connectivity index (χ1v) is 20.5. The highest BCUT2D eigenvalue weighted by Crippen LogP contribution is 2.70. The molecule has 3 N–H and O–H groups in total. The van der Waals surface area contributed by atoms with Crippen LogP contribution in [0.1, 0.15) is 108 Å². The van der Waals surface area contributed by atoms with Crippen LogP contribution in [0.25, 0.3) is 0 Å². The normalized spacial score (nSPS) is 49.1. The van der Waals surface area contributed by atoms with Gasteiger partial charge in [-0.1, -0.05) is 68.4 Å². The van der Waals surface area contributed by atoms with Crippen molar-refractivity contribution < 1.29 is 15.3 Å². The van der Waals surface area contributed by atoms with Gasteiger partial charge in [-0.05, 0) is 171 Å². The van der Waals surface area contributed by atoms with E-state index in [0.717, 1.165) is 70.3 Å². The Hall–Kier alpha value is -1.72. The Bertz CT molecular complexity index is 1510. The van der Waals surface area contributed by atoms with Crippen LogP contribution in [-0.2, 0) is 12.8 Å². The first-order valence-electron chi connectivity index (χ1n) is 20.5. The Morgan fingerprint density at radius 1 is 0.735 bits per heavy atom. The molecule has 0 aromatic heterocycles. The predicted molar refractivity (Wildman–Crippen MR) is 196 cm³/mol. The topological polar surface area (TPSA) is 63.9 Å². The van der Waals surface area contributed by atoms with E-state index in [1.54, 1.807) is 0 Å². The third kappa shape index (κ3) is 5.43. The van der Waals surface area contributed by atoms with Gasteiger partial charge in [0, 0.05) is 19.1 Å². The number of aliphatic hydroxyl groups is 3. The first kappa shape index (κ1) is 33.1. The number of rotatable bonds is 4. The minimum atomic E-state index is -0.591. The van der Waals surface area contributed by atoms with Gasteiger partial charge in [-0.15, -0.1) is 0 Å². The molecule has 7 aliphatic rings. The third-order valence-corrected chi connectivity index (χ3v) is 16.9. The molecule has 266 valence electrons. The second-order valence-electron chi connectivity index (χ2n) is 19.6. The smallest absolute Gasteiger partial charge is 0.0805 e. The summed E-state index contributed by atoms with van der Waals surface area (Å²) in [4.78, 5) is 2.71. The minimum absolute atomic E-state index is 0.0128. The summed E-state index contributed by atoms with van der Waals surface area (Å²) < 4.78 is 0. The monoisotopic (exact) mass is 665 g/mol. The van der Waals surface area contributed by atoms with E-state index in [9.17, 15) is 15.3 Å². The summed E-state index contributed by atoms with van der Waals surface area (Å²) >= 11 is 0. The molecule has 9 rings (SSSR count). The van der Waals surface area contributed by atoms with Gasteiger partial charge >= 0.3 is 0 Å². The lowest BCUT2D eigenvalue weighted by Gasteiger charge is -2.60. The molecule has 2 aliphatic heterocycles. The van der Waals surface area contributed by atoms with Crippen molar-refractivity contribution >= 4 is 0 Å². The first-order chi connectivity index (χ1) is 23.5. The molecule has 4 heteroatoms. The minimum Gasteiger partial charge on any atom is -0.393 e. The Morgan fingerprint density at radius 2 is 1.53 bits per heavy atom. The van der Waals surface area contributed by atoms with Crippen LogP contribution in [0.3, 0.4) is 0 Å². The van der Waals surface area contributed by atoms with Crippen LogP contribution in [0, 0.1) is 64.1 Å². The average molecular weight is 666 g/mol. The Balaban J connectivity index is 0.937. The summed E-state index contributed by atoms with van der Waals surface area (Å²) in [5.74, 6) is 5.14. The molecular weight excluding hydrogens is 602 g/mol. The molecule has 7 fully saturated rings. The van der Waals surface area contributed by atoms with E-state index in [1.807, 2.05) is 0 Å². The van der Waals surface area contributed by atoms with E-state index in [2.05, 4.69) is 80.3 Å². The summed E-state index contributed by atoms with van der Waals surface area (Å²) in [7, 11) is 0. The summed E-state index contributed by atoms with van der Waals surface area (Å²) in [6.45, 7) is 9.49. The fraction of sp³-hybridized carbons (Fsp3) is 0.733. The molecule has 49 heavy (non-hydrogen) atoms. The molecule has 15 atom stereocenters. The molecule has 2 heterocycles. The number of nitrogens with zero attached hydrogens (tertiary/aromatic N) is 1. The molecule has 0 unspecified atom stereocenters. The highest BCUT2D eigenvalue weighted by Gasteiger charge is 2.67. The number of piperidine rings is 2. The SMILES string of the molecule is C[C@@H]1CC[C@H]2N(C1)C[C@H]1[C@H]3C[C@@H]4[C@@H](C[C@H](O)[C@@H]5C[C@@H](O)[C@@]6(CC[C@H](Cc7cccc(Cc8ccccc8)c7)C6)C[C@]45C)[C@H]3CC[C@H]1[C@]2(C)O. The Labute approximate surface area is 296 Å². The highest BCUT2D eigenvalue weighted by atomic mass is 16.3. The molecule has 2 saturated heterocycles. The van der Waals surface area contributed by atoms with Gasteiger partial charge in [-0.2, -0.15) is 0 Å². The number of hydrogen-bond acceptors (Lipinski definition) is 4. The van der Waals surface area contributed by atoms with Crippen LogP contribution in [0.2, 0.25) is 0 Å². The maximum absolute atomic E-state index is 12.2. The van der Waals surface area contributed by atoms with Crippen molar-refractivity contribution in [2.24, 2.45) is 64.1 Å². The largest absolute Gasteiger partial charge is 0.393 e. The number of benzene rings is 2. The standard InChI is InChI=1S/C45H63NO3/c1-28-12-15-41-44(3,49)37-14-13-33-34(36(37)26-46(41)25-28)21-38-35(33)22-40(47)39-23-42(48)45(27-43(38,39)2)17-16-32(24-45)20-31-11-7-10-30(19-31)18-29-8-5-4-6-9-29/h4-11,19,28,32-42,47-49H,12-18,20-27H2,1-3H3/t28-,32-,33+,34+,35+,36+,37-,38-,39+,40+,41-,42-,43-,44+,45-/m1/s1. The van der Waals surface area contributed by atoms with Crippen molar-refractivity contribution in [3.8, 4) is 0 Å². The third-order valence-electron chi connectivity index (χ3n) is 16.9. The van der Waals surface area contributed by atoms with E-state index >= 15 is 0 Å². The van der Waals surface area contributed by atoms with Gasteiger partial charge in [0.15, 0.2) is 0 Å². The molecule has 0 radical (unpaired) electrons. The molecule has 2 aromatic carbocycles. The quantitative estimate of drug-likeness (QED) is 0.311. The molecule has 5 aliphatic carbocycles. The summed E-state index contributed by atoms with van der Waals surface area (Å²) in [6, 6.07) is 20.4. The fourth-order valence-corrected chi connectivity index (χ4v) is 14.9. The van der Waals surface area contributed by atoms with Gasteiger partial charge in [0.2, 0.25) is 0 Å². The number of aliphatic hydroxyl groups excluding tert-OH is 2. The van der Waals surface area contributed by atoms with E-state index in [1.165, 1.54) is 48.9 Å². The van der Waals surface area contributed by atoms with Crippen LogP contribution in [0.15, 0.2) is 54.6 Å². The number of hydrogen-bond donors (Lipinski definition) is 3. The van der Waals surface area contributed by atoms with Gasteiger partial charge in [-0.3, -0.25) is 4.90 Å². The lowest BCUT2D eigenvalue weighted by atomic mass is 9.46. The molecular formula is C45H63NO3. The molecule has 0 bridgehead atoms. The van der Waals surface area contributed by atoms with Crippen LogP contribution in [0.5, 0.6) is 0 Å². The maximum atomic E-state index is 12.2. The van der Waals surface area contributed by atoms with Crippen molar-refractivity contribution in [3.63, 3.8) is 0 Å². The zero-order chi connectivity index (χ0) is 33.7. The zero-order valence-corrected chi connectivity index (χ0v) is 30.5. The van der Waals surface area contributed by atoms with Gasteiger partial charge in [-0.25, -0.2) is 0 Å². The average Bonchev–Trinajstić information content (AvgIpc) is 3.65. The Morgan fingerprint density at radius 3 is 2.37 bits per heavy atom. The van der Waals surface area contributed by atoms with Crippen LogP contribution >= 0.6 is 0 Å². The molecule has 0 amide bonds. The number of fused-ring (bicyclic) bond motifs is 8. The maximum Gasteiger partial charge on any atom is 0.0805 e. The van der Waals surface area contributed by atoms with E-state index in [4.69, 9.17) is 0 Å². The zero-order valence-electron chi connectivity index (χ0n) is 30.5. The van der Waals surface area contributed by atoms with E-state index < -0.39 is 5.60 Å². The van der Waals surface area contributed by atoms with E-state index in [-0.39, 0.29) is 29.0 Å². The second-order valence-corrected chi connectivity index (χ2v) is 19.6. The van der Waals surface area contributed by atoms with Gasteiger partial charge < -0.3 is 15.3 Å². The Kier molecular flexibility index (Phi) is 8.23. The molecule has 2 aromatic rings. The highest BCUT2D eigenvalue weighted by molar-refractivity contribution is 5.30. The molecule has 4 nitrogen and oxygen atoms in total. The molecule has 1 spiro atoms. The van der Waals surface area contributed by atoms with Crippen molar-refractivity contribution in [1.29, 1.82) is 0 Å². The fourth-order valence-electron chi connectivity index (χ4n) is 14.9. The lowest BCUT2D eigenvalue weighted by Crippen LogP contribution is -2.67. The van der Waals surface area contributed by atoms with Gasteiger partial charge in [0.05, 0.1) is 17.8 Å². The molecule has 5 saturated carbocycles. The summed E-state index contributed by atoms with van der Waals surface area (Å²) in [5.41, 5.74) is 3.68. The van der Waals surface area contributed by atoms with Crippen molar-refractivity contribution in [2.75, 3.05) is 13.1 Å². The van der Waals surface area contributed by atoms with Crippen molar-refractivity contribution in [1.82, 2.24) is 4.90 Å². The van der Waals surface area contributed by atoms with Crippen molar-refractivity contribution in [2.45, 2.75) is 128 Å². The van der Waals surface area contributed by atoms with E-state index in [0.29, 0.717) is 47.5 Å². The van der Waals surface area contributed by atoms with Crippen LogP contribution in [-0.4, -0.2) is 57.2 Å². The lowest BCUT2D eigenvalue weighted by molar-refractivity contribution is -0.180.